The second kappa shape index (κ2) is 13.5. The van der Waals surface area contributed by atoms with Crippen LogP contribution in [0.25, 0.3) is 0 Å². The number of likely N-dealkylation sites (N-methyl/N-ethyl adjacent to an activating group) is 1. The summed E-state index contributed by atoms with van der Waals surface area (Å²) >= 11 is 0. The Morgan fingerprint density at radius 1 is 1.06 bits per heavy atom. The van der Waals surface area contributed by atoms with Crippen LogP contribution in [0.3, 0.4) is 0 Å². The molecule has 0 bridgehead atoms. The van der Waals surface area contributed by atoms with Crippen LogP contribution in [0.2, 0.25) is 0 Å². The molecular weight excluding hydrogens is 392 g/mol. The highest BCUT2D eigenvalue weighted by Gasteiger charge is 2.37. The molecule has 0 aliphatic carbocycles. The van der Waals surface area contributed by atoms with Crippen LogP contribution in [-0.2, 0) is 14.4 Å². The van der Waals surface area contributed by atoms with Crippen molar-refractivity contribution in [2.24, 2.45) is 17.3 Å². The lowest BCUT2D eigenvalue weighted by Crippen LogP contribution is -2.54. The van der Waals surface area contributed by atoms with E-state index in [4.69, 9.17) is 0 Å². The Morgan fingerprint density at radius 3 is 2.00 bits per heavy atom. The van der Waals surface area contributed by atoms with E-state index in [1.54, 1.807) is 18.0 Å². The molecule has 0 aromatic carbocycles. The van der Waals surface area contributed by atoms with Crippen molar-refractivity contribution in [3.8, 4) is 0 Å². The lowest BCUT2D eigenvalue weighted by molar-refractivity contribution is -0.141. The Balaban J connectivity index is 5.85. The van der Waals surface area contributed by atoms with Crippen LogP contribution in [0.1, 0.15) is 93.9 Å². The van der Waals surface area contributed by atoms with Crippen LogP contribution in [0.4, 0.5) is 0 Å². The van der Waals surface area contributed by atoms with Crippen molar-refractivity contribution in [3.63, 3.8) is 0 Å². The van der Waals surface area contributed by atoms with E-state index >= 15 is 0 Å². The molecule has 0 radical (unpaired) electrons. The molecule has 31 heavy (non-hydrogen) atoms. The monoisotopic (exact) mass is 438 g/mol. The molecule has 2 N–H and O–H groups in total. The molecule has 0 aliphatic heterocycles. The predicted molar refractivity (Wildman–Crippen MR) is 127 cm³/mol. The standard InChI is InChI=1S/C25H46N2O4/c1-10-13-14-25(11-2,12-3)24(31)26-20(15-17(4)5)22(28)27(9)21(18(6)7)16-19(8)23(29)30/h16-18,20-21H,10-15H2,1-9H3,(H,26,31)(H,29,30)/b19-16+/t20-,21+/m0/s1. The molecule has 0 unspecified atom stereocenters. The van der Waals surface area contributed by atoms with Crippen LogP contribution >= 0.6 is 0 Å². The predicted octanol–water partition coefficient (Wildman–Crippen LogP) is 5.03. The van der Waals surface area contributed by atoms with Crippen molar-refractivity contribution in [2.45, 2.75) is 106 Å². The number of carboxylic acids is 1. The molecule has 0 spiro atoms. The van der Waals surface area contributed by atoms with E-state index in [0.29, 0.717) is 6.42 Å². The van der Waals surface area contributed by atoms with E-state index < -0.39 is 17.4 Å². The fourth-order valence-corrected chi connectivity index (χ4v) is 4.03. The van der Waals surface area contributed by atoms with Crippen molar-refractivity contribution in [1.29, 1.82) is 0 Å². The first kappa shape index (κ1) is 29.1. The minimum Gasteiger partial charge on any atom is -0.478 e. The summed E-state index contributed by atoms with van der Waals surface area (Å²) in [6, 6.07) is -0.992. The highest BCUT2D eigenvalue weighted by atomic mass is 16.4. The summed E-state index contributed by atoms with van der Waals surface area (Å²) in [5.41, 5.74) is -0.250. The molecule has 2 atom stereocenters. The molecule has 2 amide bonds. The molecular formula is C25H46N2O4. The Kier molecular flexibility index (Phi) is 12.7. The molecule has 0 aromatic heterocycles. The average molecular weight is 439 g/mol. The van der Waals surface area contributed by atoms with Gasteiger partial charge in [0.15, 0.2) is 0 Å². The molecule has 0 aromatic rings. The number of rotatable bonds is 14. The minimum absolute atomic E-state index is 0.0357. The molecule has 0 saturated heterocycles. The molecule has 0 fully saturated rings. The van der Waals surface area contributed by atoms with Crippen LogP contribution in [0.5, 0.6) is 0 Å². The Labute approximate surface area is 189 Å². The van der Waals surface area contributed by atoms with Crippen LogP contribution in [-0.4, -0.2) is 46.9 Å². The van der Waals surface area contributed by atoms with Gasteiger partial charge in [-0.25, -0.2) is 4.79 Å². The fourth-order valence-electron chi connectivity index (χ4n) is 4.03. The largest absolute Gasteiger partial charge is 0.478 e. The van der Waals surface area contributed by atoms with Gasteiger partial charge in [-0.05, 0) is 44.4 Å². The fraction of sp³-hybridized carbons (Fsp3) is 0.800. The van der Waals surface area contributed by atoms with Crippen LogP contribution in [0, 0.1) is 17.3 Å². The van der Waals surface area contributed by atoms with Gasteiger partial charge in [-0.1, -0.05) is 67.4 Å². The van der Waals surface area contributed by atoms with E-state index in [2.05, 4.69) is 12.2 Å². The molecule has 0 rings (SSSR count). The second-order valence-corrected chi connectivity index (χ2v) is 9.59. The number of unbranched alkanes of at least 4 members (excludes halogenated alkanes) is 1. The highest BCUT2D eigenvalue weighted by molar-refractivity contribution is 5.90. The first-order chi connectivity index (χ1) is 14.4. The summed E-state index contributed by atoms with van der Waals surface area (Å²) in [6.07, 6.45) is 6.47. The van der Waals surface area contributed by atoms with Gasteiger partial charge in [-0.3, -0.25) is 9.59 Å². The molecule has 6 nitrogen and oxygen atoms in total. The van der Waals surface area contributed by atoms with E-state index in [9.17, 15) is 19.5 Å². The van der Waals surface area contributed by atoms with E-state index in [0.717, 1.165) is 32.1 Å². The third-order valence-electron chi connectivity index (χ3n) is 6.39. The Hall–Kier alpha value is -1.85. The van der Waals surface area contributed by atoms with Gasteiger partial charge >= 0.3 is 5.97 Å². The van der Waals surface area contributed by atoms with Gasteiger partial charge in [0.05, 0.1) is 6.04 Å². The van der Waals surface area contributed by atoms with Crippen molar-refractivity contribution < 1.29 is 19.5 Å². The molecule has 0 heterocycles. The maximum atomic E-state index is 13.5. The first-order valence-corrected chi connectivity index (χ1v) is 11.9. The summed E-state index contributed by atoms with van der Waals surface area (Å²) in [7, 11) is 1.70. The third-order valence-corrected chi connectivity index (χ3v) is 6.39. The second-order valence-electron chi connectivity index (χ2n) is 9.59. The Bertz CT molecular complexity index is 621. The quantitative estimate of drug-likeness (QED) is 0.373. The molecule has 6 heteroatoms. The Morgan fingerprint density at radius 2 is 1.61 bits per heavy atom. The number of carbonyl (C=O) groups excluding carboxylic acids is 2. The summed E-state index contributed by atoms with van der Waals surface area (Å²) in [5.74, 6) is -0.952. The smallest absolute Gasteiger partial charge is 0.331 e. The van der Waals surface area contributed by atoms with Crippen molar-refractivity contribution >= 4 is 17.8 Å². The number of hydrogen-bond donors (Lipinski definition) is 2. The van der Waals surface area contributed by atoms with Crippen molar-refractivity contribution in [1.82, 2.24) is 10.2 Å². The van der Waals surface area contributed by atoms with E-state index in [1.807, 2.05) is 41.5 Å². The van der Waals surface area contributed by atoms with E-state index in [-0.39, 0.29) is 35.3 Å². The maximum Gasteiger partial charge on any atom is 0.331 e. The maximum absolute atomic E-state index is 13.5. The van der Waals surface area contributed by atoms with Gasteiger partial charge in [0, 0.05) is 18.0 Å². The number of nitrogens with one attached hydrogen (secondary N) is 1. The van der Waals surface area contributed by atoms with Crippen molar-refractivity contribution in [2.75, 3.05) is 7.05 Å². The normalized spacial score (nSPS) is 14.5. The van der Waals surface area contributed by atoms with Crippen LogP contribution < -0.4 is 5.32 Å². The summed E-state index contributed by atoms with van der Waals surface area (Å²) < 4.78 is 0. The van der Waals surface area contributed by atoms with Gasteiger partial charge in [0.2, 0.25) is 11.8 Å². The number of carboxylic acid groups (broad SMARTS) is 1. The highest BCUT2D eigenvalue weighted by Crippen LogP contribution is 2.33. The molecule has 0 aliphatic rings. The SMILES string of the molecule is CCCCC(CC)(CC)C(=O)N[C@@H](CC(C)C)C(=O)N(C)[C@H](/C=C(\C)C(=O)O)C(C)C. The van der Waals surface area contributed by atoms with Crippen molar-refractivity contribution in [3.05, 3.63) is 11.6 Å². The van der Waals surface area contributed by atoms with Gasteiger partial charge in [0.1, 0.15) is 6.04 Å². The topological polar surface area (TPSA) is 86.7 Å². The number of carbonyl (C=O) groups is 3. The summed E-state index contributed by atoms with van der Waals surface area (Å²) in [5, 5.41) is 12.3. The zero-order valence-corrected chi connectivity index (χ0v) is 21.2. The van der Waals surface area contributed by atoms with Gasteiger partial charge in [-0.15, -0.1) is 0 Å². The van der Waals surface area contributed by atoms with Gasteiger partial charge in [-0.2, -0.15) is 0 Å². The lowest BCUT2D eigenvalue weighted by atomic mass is 9.76. The summed E-state index contributed by atoms with van der Waals surface area (Å²) in [4.78, 5) is 39.7. The summed E-state index contributed by atoms with van der Waals surface area (Å²) in [6.45, 7) is 15.7. The molecule has 180 valence electrons. The average Bonchev–Trinajstić information content (AvgIpc) is 2.70. The minimum atomic E-state index is -0.995. The zero-order chi connectivity index (χ0) is 24.4. The number of hydrogen-bond acceptors (Lipinski definition) is 3. The van der Waals surface area contributed by atoms with E-state index in [1.165, 1.54) is 6.92 Å². The lowest BCUT2D eigenvalue weighted by Gasteiger charge is -2.36. The molecule has 0 saturated carbocycles. The van der Waals surface area contributed by atoms with Gasteiger partial charge in [0.25, 0.3) is 0 Å². The first-order valence-electron chi connectivity index (χ1n) is 11.9. The number of amides is 2. The third kappa shape index (κ3) is 8.66. The number of aliphatic carboxylic acids is 1. The zero-order valence-electron chi connectivity index (χ0n) is 21.2. The van der Waals surface area contributed by atoms with Crippen LogP contribution in [0.15, 0.2) is 11.6 Å². The number of nitrogens with zero attached hydrogens (tertiary/aromatic N) is 1. The van der Waals surface area contributed by atoms with Gasteiger partial charge < -0.3 is 15.3 Å².